The molecule has 1 aliphatic heterocycles. The molecule has 25 heavy (non-hydrogen) atoms. The second-order valence-electron chi connectivity index (χ2n) is 6.71. The average molecular weight is 358 g/mol. The summed E-state index contributed by atoms with van der Waals surface area (Å²) < 4.78 is 14.0. The van der Waals surface area contributed by atoms with Gasteiger partial charge >= 0.3 is 0 Å². The molecule has 2 aromatic rings. The fourth-order valence-corrected chi connectivity index (χ4v) is 5.07. The molecule has 0 spiro atoms. The highest BCUT2D eigenvalue weighted by molar-refractivity contribution is 7.10. The lowest BCUT2D eigenvalue weighted by Gasteiger charge is -2.42. The van der Waals surface area contributed by atoms with Gasteiger partial charge in [0.05, 0.1) is 6.04 Å². The fraction of sp³-hybridized carbons (Fsp3) is 0.389. The quantitative estimate of drug-likeness (QED) is 0.858. The molecule has 4 rings (SSSR count). The lowest BCUT2D eigenvalue weighted by molar-refractivity contribution is -0.135. The molecule has 0 saturated heterocycles. The van der Waals surface area contributed by atoms with Gasteiger partial charge in [0, 0.05) is 23.7 Å². The molecule has 5 nitrogen and oxygen atoms in total. The number of nitrogens with two attached hydrogens (primary N) is 1. The van der Waals surface area contributed by atoms with Crippen LogP contribution in [0.2, 0.25) is 0 Å². The second-order valence-corrected chi connectivity index (χ2v) is 7.62. The van der Waals surface area contributed by atoms with Crippen molar-refractivity contribution in [2.24, 2.45) is 16.6 Å². The van der Waals surface area contributed by atoms with Crippen molar-refractivity contribution in [1.82, 2.24) is 9.88 Å². The molecule has 1 amide bonds. The number of hydrogen-bond acceptors (Lipinski definition) is 5. The van der Waals surface area contributed by atoms with E-state index in [2.05, 4.69) is 9.98 Å². The summed E-state index contributed by atoms with van der Waals surface area (Å²) in [6, 6.07) is 5.09. The zero-order valence-corrected chi connectivity index (χ0v) is 14.9. The van der Waals surface area contributed by atoms with Gasteiger partial charge in [-0.3, -0.25) is 9.69 Å². The first-order chi connectivity index (χ1) is 12.0. The van der Waals surface area contributed by atoms with Gasteiger partial charge in [-0.05, 0) is 54.8 Å². The third kappa shape index (κ3) is 2.29. The first-order valence-corrected chi connectivity index (χ1v) is 9.15. The van der Waals surface area contributed by atoms with Crippen molar-refractivity contribution in [3.63, 3.8) is 0 Å². The van der Waals surface area contributed by atoms with E-state index in [4.69, 9.17) is 5.73 Å². The Bertz CT molecular complexity index is 875. The maximum Gasteiger partial charge on any atom is 0.242 e. The number of nitrogens with zero attached hydrogens (tertiary/aromatic N) is 3. The molecule has 2 atom stereocenters. The molecular weight excluding hydrogens is 339 g/mol. The standard InChI is InChI=1S/C18H19FN4OS/c1-10-18(12-5-6-12,16(24)23(2)17(20)22-10)14-8-11(9-25-14)13-4-3-7-21-15(13)19/h3-4,7-10,12H,5-6H2,1-2H3,(H2,20,22)/t10-,18+/m0/s1. The van der Waals surface area contributed by atoms with E-state index in [0.29, 0.717) is 5.56 Å². The Hall–Kier alpha value is -2.28. The molecule has 7 heteroatoms. The van der Waals surface area contributed by atoms with Crippen molar-refractivity contribution in [2.45, 2.75) is 31.2 Å². The van der Waals surface area contributed by atoms with E-state index in [0.717, 1.165) is 23.3 Å². The summed E-state index contributed by atoms with van der Waals surface area (Å²) in [5.41, 5.74) is 6.38. The largest absolute Gasteiger partial charge is 0.369 e. The van der Waals surface area contributed by atoms with Gasteiger partial charge in [0.25, 0.3) is 0 Å². The van der Waals surface area contributed by atoms with Crippen molar-refractivity contribution < 1.29 is 9.18 Å². The summed E-state index contributed by atoms with van der Waals surface area (Å²) in [5, 5.41) is 1.89. The highest BCUT2D eigenvalue weighted by Gasteiger charge is 2.59. The molecule has 1 aliphatic carbocycles. The van der Waals surface area contributed by atoms with Gasteiger partial charge in [-0.2, -0.15) is 4.39 Å². The summed E-state index contributed by atoms with van der Waals surface area (Å²) in [6.45, 7) is 1.94. The Morgan fingerprint density at radius 3 is 2.88 bits per heavy atom. The first kappa shape index (κ1) is 16.2. The van der Waals surface area contributed by atoms with Crippen molar-refractivity contribution in [3.05, 3.63) is 40.6 Å². The van der Waals surface area contributed by atoms with E-state index in [1.807, 2.05) is 18.4 Å². The minimum atomic E-state index is -0.709. The maximum absolute atomic E-state index is 14.0. The summed E-state index contributed by atoms with van der Waals surface area (Å²) >= 11 is 1.49. The number of likely N-dealkylation sites (N-methyl/N-ethyl adjacent to an activating group) is 1. The lowest BCUT2D eigenvalue weighted by Crippen LogP contribution is -2.59. The summed E-state index contributed by atoms with van der Waals surface area (Å²) in [6.07, 6.45) is 3.42. The van der Waals surface area contributed by atoms with Gasteiger partial charge in [-0.1, -0.05) is 0 Å². The number of aliphatic imine (C=N–C) groups is 1. The molecule has 130 valence electrons. The van der Waals surface area contributed by atoms with Crippen LogP contribution in [0.3, 0.4) is 0 Å². The van der Waals surface area contributed by atoms with Crippen LogP contribution in [0.4, 0.5) is 4.39 Å². The monoisotopic (exact) mass is 358 g/mol. The van der Waals surface area contributed by atoms with Gasteiger partial charge in [-0.15, -0.1) is 11.3 Å². The van der Waals surface area contributed by atoms with E-state index in [1.165, 1.54) is 22.4 Å². The molecule has 2 aliphatic rings. The molecule has 1 saturated carbocycles. The number of rotatable bonds is 3. The van der Waals surface area contributed by atoms with Crippen molar-refractivity contribution in [3.8, 4) is 11.1 Å². The van der Waals surface area contributed by atoms with Gasteiger partial charge < -0.3 is 5.73 Å². The number of amides is 1. The van der Waals surface area contributed by atoms with Crippen LogP contribution >= 0.6 is 11.3 Å². The Morgan fingerprint density at radius 2 is 2.20 bits per heavy atom. The number of pyridine rings is 1. The second kappa shape index (κ2) is 5.62. The van der Waals surface area contributed by atoms with Crippen molar-refractivity contribution in [1.29, 1.82) is 0 Å². The number of carbonyl (C=O) groups excluding carboxylic acids is 1. The summed E-state index contributed by atoms with van der Waals surface area (Å²) in [5.74, 6) is -0.0202. The predicted molar refractivity (Wildman–Crippen MR) is 95.8 cm³/mol. The van der Waals surface area contributed by atoms with E-state index in [1.54, 1.807) is 19.2 Å². The number of thiophene rings is 1. The van der Waals surface area contributed by atoms with E-state index in [-0.39, 0.29) is 23.8 Å². The van der Waals surface area contributed by atoms with E-state index in [9.17, 15) is 9.18 Å². The molecule has 0 radical (unpaired) electrons. The fourth-order valence-electron chi connectivity index (χ4n) is 3.81. The van der Waals surface area contributed by atoms with Crippen LogP contribution in [-0.2, 0) is 10.2 Å². The number of hydrogen-bond donors (Lipinski definition) is 1. The SMILES string of the molecule is C[C@@H]1N=C(N)N(C)C(=O)[C@@]1(c1cc(-c2cccnc2F)cs1)C1CC1. The third-order valence-electron chi connectivity index (χ3n) is 5.29. The third-order valence-corrected chi connectivity index (χ3v) is 6.37. The van der Waals surface area contributed by atoms with Crippen molar-refractivity contribution >= 4 is 23.2 Å². The Labute approximate surface area is 149 Å². The van der Waals surface area contributed by atoms with Crippen LogP contribution in [0.5, 0.6) is 0 Å². The number of carbonyl (C=O) groups is 1. The van der Waals surface area contributed by atoms with Crippen LogP contribution in [-0.4, -0.2) is 34.8 Å². The molecule has 0 unspecified atom stereocenters. The molecule has 3 heterocycles. The highest BCUT2D eigenvalue weighted by Crippen LogP contribution is 2.54. The van der Waals surface area contributed by atoms with E-state index < -0.39 is 11.4 Å². The first-order valence-electron chi connectivity index (χ1n) is 8.27. The van der Waals surface area contributed by atoms with Gasteiger partial charge in [0.15, 0.2) is 5.96 Å². The Kier molecular flexibility index (Phi) is 3.64. The van der Waals surface area contributed by atoms with Crippen molar-refractivity contribution in [2.75, 3.05) is 7.05 Å². The smallest absolute Gasteiger partial charge is 0.242 e. The van der Waals surface area contributed by atoms with Gasteiger partial charge in [0.2, 0.25) is 11.9 Å². The van der Waals surface area contributed by atoms with E-state index >= 15 is 0 Å². The molecule has 2 aromatic heterocycles. The zero-order chi connectivity index (χ0) is 17.8. The van der Waals surface area contributed by atoms with Crippen LogP contribution in [0.15, 0.2) is 34.8 Å². The molecule has 0 bridgehead atoms. The Balaban J connectivity index is 1.84. The molecule has 0 aromatic carbocycles. The summed E-state index contributed by atoms with van der Waals surface area (Å²) in [4.78, 5) is 23.9. The highest BCUT2D eigenvalue weighted by atomic mass is 32.1. The number of guanidine groups is 1. The minimum Gasteiger partial charge on any atom is -0.369 e. The maximum atomic E-state index is 14.0. The normalized spacial score (nSPS) is 26.7. The topological polar surface area (TPSA) is 71.6 Å². The molecule has 1 fully saturated rings. The van der Waals surface area contributed by atoms with Crippen LogP contribution in [0.25, 0.3) is 11.1 Å². The van der Waals surface area contributed by atoms with Gasteiger partial charge in [-0.25, -0.2) is 9.98 Å². The molecule has 2 N–H and O–H groups in total. The molecular formula is C18H19FN4OS. The minimum absolute atomic E-state index is 0.0185. The Morgan fingerprint density at radius 1 is 1.44 bits per heavy atom. The van der Waals surface area contributed by atoms with Crippen LogP contribution in [0.1, 0.15) is 24.6 Å². The van der Waals surface area contributed by atoms with Gasteiger partial charge in [0.1, 0.15) is 5.41 Å². The predicted octanol–water partition coefficient (Wildman–Crippen LogP) is 2.77. The average Bonchev–Trinajstić information content (AvgIpc) is 3.32. The summed E-state index contributed by atoms with van der Waals surface area (Å²) in [7, 11) is 1.67. The van der Waals surface area contributed by atoms with Crippen LogP contribution in [0, 0.1) is 11.9 Å². The zero-order valence-electron chi connectivity index (χ0n) is 14.1. The number of aromatic nitrogens is 1. The van der Waals surface area contributed by atoms with Crippen LogP contribution < -0.4 is 5.73 Å². The number of halogens is 1. The lowest BCUT2D eigenvalue weighted by atomic mass is 9.72.